The molecule has 0 saturated heterocycles. The van der Waals surface area contributed by atoms with Gasteiger partial charge < -0.3 is 4.43 Å². The van der Waals surface area contributed by atoms with Gasteiger partial charge in [0.2, 0.25) is 8.32 Å². The quantitative estimate of drug-likeness (QED) is 0.544. The second kappa shape index (κ2) is 8.41. The summed E-state index contributed by atoms with van der Waals surface area (Å²) in [5, 5.41) is 0.223. The van der Waals surface area contributed by atoms with Crippen molar-refractivity contribution in [2.24, 2.45) is 0 Å². The molecule has 0 spiro atoms. The average Bonchev–Trinajstić information content (AvgIpc) is 2.56. The summed E-state index contributed by atoms with van der Waals surface area (Å²) in [7, 11) is 0.436. The molecule has 2 rings (SSSR count). The van der Waals surface area contributed by atoms with Gasteiger partial charge in [0.05, 0.1) is 0 Å². The maximum atomic E-state index is 6.38. The smallest absolute Gasteiger partial charge is 0.250 e. The molecule has 2 aromatic rings. The van der Waals surface area contributed by atoms with E-state index in [9.17, 15) is 0 Å². The van der Waals surface area contributed by atoms with E-state index in [-0.39, 0.29) is 5.04 Å². The minimum Gasteiger partial charge on any atom is -0.544 e. The molecule has 0 aliphatic rings. The van der Waals surface area contributed by atoms with Crippen molar-refractivity contribution in [1.82, 2.24) is 4.90 Å². The van der Waals surface area contributed by atoms with Crippen molar-refractivity contribution in [3.63, 3.8) is 0 Å². The number of likely N-dealkylation sites (N-methyl/N-ethyl adjacent to an activating group) is 1. The van der Waals surface area contributed by atoms with Crippen LogP contribution >= 0.6 is 0 Å². The molecule has 0 bridgehead atoms. The Kier molecular flexibility index (Phi) is 6.70. The van der Waals surface area contributed by atoms with Crippen LogP contribution in [0.15, 0.2) is 54.6 Å². The molecule has 0 aliphatic heterocycles. The van der Waals surface area contributed by atoms with Crippen LogP contribution in [0.4, 0.5) is 0 Å². The topological polar surface area (TPSA) is 12.5 Å². The van der Waals surface area contributed by atoms with Gasteiger partial charge in [-0.1, -0.05) is 63.2 Å². The van der Waals surface area contributed by atoms with Crippen LogP contribution in [-0.2, 0) is 13.0 Å². The van der Waals surface area contributed by atoms with Gasteiger partial charge in [-0.3, -0.25) is 4.90 Å². The van der Waals surface area contributed by atoms with Gasteiger partial charge in [0.15, 0.2) is 0 Å². The van der Waals surface area contributed by atoms with Gasteiger partial charge in [-0.05, 0) is 61.8 Å². The molecule has 0 amide bonds. The molecule has 0 heterocycles. The summed E-state index contributed by atoms with van der Waals surface area (Å²) in [6.07, 6.45) is 1.05. The van der Waals surface area contributed by atoms with Gasteiger partial charge in [-0.15, -0.1) is 0 Å². The van der Waals surface area contributed by atoms with Crippen molar-refractivity contribution in [1.29, 1.82) is 0 Å². The summed E-state index contributed by atoms with van der Waals surface area (Å²) in [5.41, 5.74) is 2.72. The van der Waals surface area contributed by atoms with Gasteiger partial charge in [0, 0.05) is 12.6 Å². The molecule has 142 valence electrons. The molecule has 1 atom stereocenters. The predicted molar refractivity (Wildman–Crippen MR) is 115 cm³/mol. The first kappa shape index (κ1) is 20.7. The lowest BCUT2D eigenvalue weighted by atomic mass is 10.1. The third-order valence-corrected chi connectivity index (χ3v) is 10.0. The van der Waals surface area contributed by atoms with E-state index in [1.807, 2.05) is 0 Å². The standard InChI is InChI=1S/C23H35NOSi/c1-19(24(5)18-21-11-9-8-10-12-21)17-20-13-15-22(16-14-20)25-26(6,7)23(2,3)4/h8-16,19H,17-18H2,1-7H3/t19-/m1/s1. The van der Waals surface area contributed by atoms with E-state index in [2.05, 4.69) is 107 Å². The van der Waals surface area contributed by atoms with Crippen LogP contribution in [0.2, 0.25) is 18.1 Å². The van der Waals surface area contributed by atoms with Gasteiger partial charge in [-0.25, -0.2) is 0 Å². The molecule has 3 heteroatoms. The highest BCUT2D eigenvalue weighted by Crippen LogP contribution is 2.37. The van der Waals surface area contributed by atoms with Gasteiger partial charge in [0.1, 0.15) is 5.75 Å². The maximum Gasteiger partial charge on any atom is 0.250 e. The monoisotopic (exact) mass is 369 g/mol. The molecule has 0 saturated carbocycles. The maximum absolute atomic E-state index is 6.38. The van der Waals surface area contributed by atoms with Crippen molar-refractivity contribution >= 4 is 8.32 Å². The molecule has 0 aromatic heterocycles. The lowest BCUT2D eigenvalue weighted by Crippen LogP contribution is -2.43. The molecule has 0 radical (unpaired) electrons. The minimum atomic E-state index is -1.76. The van der Waals surface area contributed by atoms with Crippen LogP contribution < -0.4 is 4.43 Å². The number of hydrogen-bond acceptors (Lipinski definition) is 2. The fourth-order valence-electron chi connectivity index (χ4n) is 2.67. The average molecular weight is 370 g/mol. The summed E-state index contributed by atoms with van der Waals surface area (Å²) in [5.74, 6) is 1.01. The van der Waals surface area contributed by atoms with Gasteiger partial charge >= 0.3 is 0 Å². The number of benzene rings is 2. The highest BCUT2D eigenvalue weighted by atomic mass is 28.4. The van der Waals surface area contributed by atoms with E-state index in [1.54, 1.807) is 0 Å². The molecule has 0 aliphatic carbocycles. The first-order valence-electron chi connectivity index (χ1n) is 9.60. The van der Waals surface area contributed by atoms with Crippen LogP contribution in [0, 0.1) is 0 Å². The molecule has 0 N–H and O–H groups in total. The lowest BCUT2D eigenvalue weighted by molar-refractivity contribution is 0.248. The van der Waals surface area contributed by atoms with E-state index < -0.39 is 8.32 Å². The minimum absolute atomic E-state index is 0.223. The molecular weight excluding hydrogens is 334 g/mol. The Labute approximate surface area is 161 Å². The van der Waals surface area contributed by atoms with E-state index in [0.717, 1.165) is 18.7 Å². The third-order valence-electron chi connectivity index (χ3n) is 5.66. The summed E-state index contributed by atoms with van der Waals surface area (Å²) in [4.78, 5) is 2.41. The Bertz CT molecular complexity index is 674. The summed E-state index contributed by atoms with van der Waals surface area (Å²) >= 11 is 0. The molecule has 2 nitrogen and oxygen atoms in total. The molecular formula is C23H35NOSi. The Hall–Kier alpha value is -1.58. The van der Waals surface area contributed by atoms with Crippen molar-refractivity contribution in [3.05, 3.63) is 65.7 Å². The van der Waals surface area contributed by atoms with Crippen molar-refractivity contribution in [2.75, 3.05) is 7.05 Å². The second-order valence-corrected chi connectivity index (χ2v) is 13.7. The largest absolute Gasteiger partial charge is 0.544 e. The predicted octanol–water partition coefficient (Wildman–Crippen LogP) is 6.13. The van der Waals surface area contributed by atoms with E-state index >= 15 is 0 Å². The number of hydrogen-bond donors (Lipinski definition) is 0. The highest BCUT2D eigenvalue weighted by Gasteiger charge is 2.38. The molecule has 0 fully saturated rings. The highest BCUT2D eigenvalue weighted by molar-refractivity contribution is 6.74. The zero-order valence-electron chi connectivity index (χ0n) is 17.5. The Morgan fingerprint density at radius 3 is 2.04 bits per heavy atom. The Balaban J connectivity index is 1.94. The van der Waals surface area contributed by atoms with Gasteiger partial charge in [-0.2, -0.15) is 0 Å². The third kappa shape index (κ3) is 5.71. The van der Waals surface area contributed by atoms with Crippen LogP contribution in [0.3, 0.4) is 0 Å². The normalized spacial score (nSPS) is 13.7. The lowest BCUT2D eigenvalue weighted by Gasteiger charge is -2.36. The molecule has 2 aromatic carbocycles. The summed E-state index contributed by atoms with van der Waals surface area (Å²) < 4.78 is 6.38. The van der Waals surface area contributed by atoms with E-state index in [1.165, 1.54) is 11.1 Å². The van der Waals surface area contributed by atoms with Gasteiger partial charge in [0.25, 0.3) is 0 Å². The zero-order chi connectivity index (χ0) is 19.4. The number of nitrogens with zero attached hydrogens (tertiary/aromatic N) is 1. The summed E-state index contributed by atoms with van der Waals surface area (Å²) in [6, 6.07) is 19.9. The van der Waals surface area contributed by atoms with Crippen molar-refractivity contribution in [3.8, 4) is 5.75 Å². The van der Waals surface area contributed by atoms with Crippen molar-refractivity contribution < 1.29 is 4.43 Å². The summed E-state index contributed by atoms with van der Waals surface area (Å²) in [6.45, 7) is 14.7. The fourth-order valence-corrected chi connectivity index (χ4v) is 3.70. The SMILES string of the molecule is C[C@H](Cc1ccc(O[Si](C)(C)C(C)(C)C)cc1)N(C)Cc1ccccc1. The first-order valence-corrected chi connectivity index (χ1v) is 12.5. The fraction of sp³-hybridized carbons (Fsp3) is 0.478. The second-order valence-electron chi connectivity index (χ2n) is 8.96. The Morgan fingerprint density at radius 2 is 1.50 bits per heavy atom. The van der Waals surface area contributed by atoms with Crippen LogP contribution in [0.25, 0.3) is 0 Å². The zero-order valence-corrected chi connectivity index (χ0v) is 18.5. The van der Waals surface area contributed by atoms with Crippen LogP contribution in [0.1, 0.15) is 38.8 Å². The first-order chi connectivity index (χ1) is 12.1. The Morgan fingerprint density at radius 1 is 0.923 bits per heavy atom. The van der Waals surface area contributed by atoms with E-state index in [4.69, 9.17) is 4.43 Å². The van der Waals surface area contributed by atoms with E-state index in [0.29, 0.717) is 6.04 Å². The molecule has 0 unspecified atom stereocenters. The van der Waals surface area contributed by atoms with Crippen LogP contribution in [0.5, 0.6) is 5.75 Å². The van der Waals surface area contributed by atoms with Crippen molar-refractivity contribution in [2.45, 2.75) is 64.8 Å². The number of rotatable bonds is 7. The molecule has 26 heavy (non-hydrogen) atoms. The van der Waals surface area contributed by atoms with Crippen LogP contribution in [-0.4, -0.2) is 26.3 Å².